The average molecular weight is 424 g/mol. The van der Waals surface area contributed by atoms with E-state index in [4.69, 9.17) is 4.52 Å². The van der Waals surface area contributed by atoms with Gasteiger partial charge in [-0.15, -0.1) is 11.3 Å². The summed E-state index contributed by atoms with van der Waals surface area (Å²) in [5, 5.41) is 5.09. The van der Waals surface area contributed by atoms with Crippen molar-refractivity contribution in [2.24, 2.45) is 0 Å². The fourth-order valence-corrected chi connectivity index (χ4v) is 4.92. The highest BCUT2D eigenvalue weighted by Gasteiger charge is 2.27. The second-order valence-corrected chi connectivity index (χ2v) is 9.26. The molecule has 3 aromatic rings. The number of aryl methyl sites for hydroxylation is 2. The number of aromatic nitrogens is 3. The van der Waals surface area contributed by atoms with Gasteiger partial charge < -0.3 is 14.3 Å². The smallest absolute Gasteiger partial charge is 0.265 e. The van der Waals surface area contributed by atoms with E-state index in [9.17, 15) is 4.79 Å². The van der Waals surface area contributed by atoms with Gasteiger partial charge in [-0.2, -0.15) is 4.98 Å². The highest BCUT2D eigenvalue weighted by Crippen LogP contribution is 2.36. The van der Waals surface area contributed by atoms with Gasteiger partial charge >= 0.3 is 0 Å². The van der Waals surface area contributed by atoms with Gasteiger partial charge in [0, 0.05) is 43.3 Å². The number of nitrogens with zero attached hydrogens (tertiary/aromatic N) is 5. The molecule has 1 amide bonds. The maximum Gasteiger partial charge on any atom is 0.265 e. The van der Waals surface area contributed by atoms with Crippen LogP contribution in [0.3, 0.4) is 0 Å². The fraction of sp³-hybridized carbons (Fsp3) is 0.455. The lowest BCUT2D eigenvalue weighted by Gasteiger charge is -2.36. The van der Waals surface area contributed by atoms with Gasteiger partial charge in [0.1, 0.15) is 4.88 Å². The number of anilines is 1. The Hall–Kier alpha value is -2.74. The number of benzene rings is 1. The first-order valence-electron chi connectivity index (χ1n) is 10.5. The molecule has 156 valence electrons. The van der Waals surface area contributed by atoms with E-state index in [2.05, 4.69) is 32.2 Å². The van der Waals surface area contributed by atoms with Crippen molar-refractivity contribution in [3.05, 3.63) is 45.7 Å². The van der Waals surface area contributed by atoms with E-state index in [0.717, 1.165) is 58.7 Å². The number of thiazole rings is 1. The highest BCUT2D eigenvalue weighted by molar-refractivity contribution is 7.13. The molecular formula is C22H25N5O2S. The molecule has 5 rings (SSSR count). The van der Waals surface area contributed by atoms with Gasteiger partial charge in [-0.3, -0.25) is 4.79 Å². The Morgan fingerprint density at radius 3 is 2.40 bits per heavy atom. The Bertz CT molecular complexity index is 1050. The van der Waals surface area contributed by atoms with Gasteiger partial charge in [0.15, 0.2) is 0 Å². The van der Waals surface area contributed by atoms with Gasteiger partial charge in [0.25, 0.3) is 5.91 Å². The van der Waals surface area contributed by atoms with Crippen molar-refractivity contribution in [1.29, 1.82) is 0 Å². The van der Waals surface area contributed by atoms with E-state index >= 15 is 0 Å². The van der Waals surface area contributed by atoms with Crippen molar-refractivity contribution < 1.29 is 9.32 Å². The second kappa shape index (κ2) is 7.83. The standard InChI is InChI=1S/C22H25N5O2S/c1-14-19(30-15(2)23-14)22(28)27-12-10-26(11-13-27)18-8-6-16(7-9-18)20-24-21(29-25-20)17-4-3-5-17/h6-9,17H,3-5,10-13H2,1-2H3. The van der Waals surface area contributed by atoms with Gasteiger partial charge in [-0.05, 0) is 51.0 Å². The minimum Gasteiger partial charge on any atom is -0.368 e. The first-order valence-corrected chi connectivity index (χ1v) is 11.3. The third-order valence-corrected chi connectivity index (χ3v) is 7.11. The van der Waals surface area contributed by atoms with Crippen LogP contribution in [0, 0.1) is 13.8 Å². The predicted molar refractivity (Wildman–Crippen MR) is 116 cm³/mol. The fourth-order valence-electron chi connectivity index (χ4n) is 4.04. The molecule has 8 heteroatoms. The zero-order chi connectivity index (χ0) is 20.7. The molecule has 2 aromatic heterocycles. The van der Waals surface area contributed by atoms with Crippen LogP contribution in [0.5, 0.6) is 0 Å². The Morgan fingerprint density at radius 2 is 1.80 bits per heavy atom. The van der Waals surface area contributed by atoms with E-state index in [-0.39, 0.29) is 5.91 Å². The zero-order valence-corrected chi connectivity index (χ0v) is 18.1. The molecule has 7 nitrogen and oxygen atoms in total. The van der Waals surface area contributed by atoms with Crippen molar-refractivity contribution >= 4 is 22.9 Å². The van der Waals surface area contributed by atoms with Crippen LogP contribution >= 0.6 is 11.3 Å². The molecule has 0 unspecified atom stereocenters. The molecule has 0 radical (unpaired) electrons. The molecule has 3 heterocycles. The summed E-state index contributed by atoms with van der Waals surface area (Å²) in [5.74, 6) is 1.98. The van der Waals surface area contributed by atoms with Gasteiger partial charge in [-0.25, -0.2) is 4.98 Å². The summed E-state index contributed by atoms with van der Waals surface area (Å²) in [7, 11) is 0. The van der Waals surface area contributed by atoms with Crippen LogP contribution in [0.4, 0.5) is 5.69 Å². The third kappa shape index (κ3) is 3.60. The molecule has 1 saturated heterocycles. The Balaban J connectivity index is 1.21. The topological polar surface area (TPSA) is 75.4 Å². The first-order chi connectivity index (χ1) is 14.6. The number of rotatable bonds is 4. The quantitative estimate of drug-likeness (QED) is 0.630. The number of piperazine rings is 1. The van der Waals surface area contributed by atoms with Crippen LogP contribution in [0.2, 0.25) is 0 Å². The molecule has 30 heavy (non-hydrogen) atoms. The third-order valence-electron chi connectivity index (χ3n) is 6.05. The van der Waals surface area contributed by atoms with Crippen LogP contribution in [0.25, 0.3) is 11.4 Å². The van der Waals surface area contributed by atoms with E-state index in [1.807, 2.05) is 30.9 Å². The predicted octanol–water partition coefficient (Wildman–Crippen LogP) is 4.04. The lowest BCUT2D eigenvalue weighted by atomic mass is 9.85. The van der Waals surface area contributed by atoms with Crippen LogP contribution in [-0.4, -0.2) is 52.1 Å². The molecule has 0 N–H and O–H groups in total. The van der Waals surface area contributed by atoms with Gasteiger partial charge in [0.05, 0.1) is 10.7 Å². The molecule has 2 fully saturated rings. The highest BCUT2D eigenvalue weighted by atomic mass is 32.1. The lowest BCUT2D eigenvalue weighted by molar-refractivity contribution is 0.0750. The van der Waals surface area contributed by atoms with Crippen molar-refractivity contribution in [3.8, 4) is 11.4 Å². The zero-order valence-electron chi connectivity index (χ0n) is 17.3. The SMILES string of the molecule is Cc1nc(C)c(C(=O)N2CCN(c3ccc(-c4noc(C5CCC5)n4)cc3)CC2)s1. The second-order valence-electron chi connectivity index (χ2n) is 8.06. The number of hydrogen-bond acceptors (Lipinski definition) is 7. The summed E-state index contributed by atoms with van der Waals surface area (Å²) in [4.78, 5) is 26.8. The summed E-state index contributed by atoms with van der Waals surface area (Å²) in [6.45, 7) is 6.91. The number of carbonyl (C=O) groups is 1. The molecule has 1 aromatic carbocycles. The monoisotopic (exact) mass is 423 g/mol. The van der Waals surface area contributed by atoms with Crippen molar-refractivity contribution in [3.63, 3.8) is 0 Å². The summed E-state index contributed by atoms with van der Waals surface area (Å²) >= 11 is 1.49. The summed E-state index contributed by atoms with van der Waals surface area (Å²) in [5.41, 5.74) is 2.96. The molecule has 0 atom stereocenters. The molecule has 1 aliphatic heterocycles. The Morgan fingerprint density at radius 1 is 1.07 bits per heavy atom. The Labute approximate surface area is 179 Å². The summed E-state index contributed by atoms with van der Waals surface area (Å²) in [6, 6.07) is 8.29. The maximum absolute atomic E-state index is 12.8. The number of hydrogen-bond donors (Lipinski definition) is 0. The van der Waals surface area contributed by atoms with Crippen LogP contribution in [0.1, 0.15) is 51.4 Å². The van der Waals surface area contributed by atoms with E-state index < -0.39 is 0 Å². The molecular weight excluding hydrogens is 398 g/mol. The normalized spacial score (nSPS) is 17.3. The minimum atomic E-state index is 0.104. The summed E-state index contributed by atoms with van der Waals surface area (Å²) in [6.07, 6.45) is 3.55. The van der Waals surface area contributed by atoms with E-state index in [0.29, 0.717) is 24.8 Å². The molecule has 1 aliphatic carbocycles. The van der Waals surface area contributed by atoms with Crippen LogP contribution in [0.15, 0.2) is 28.8 Å². The Kier molecular flexibility index (Phi) is 5.02. The van der Waals surface area contributed by atoms with Crippen molar-refractivity contribution in [2.75, 3.05) is 31.1 Å². The van der Waals surface area contributed by atoms with Gasteiger partial charge in [-0.1, -0.05) is 11.6 Å². The minimum absolute atomic E-state index is 0.104. The molecule has 0 spiro atoms. The van der Waals surface area contributed by atoms with E-state index in [1.165, 1.54) is 17.8 Å². The van der Waals surface area contributed by atoms with E-state index in [1.54, 1.807) is 0 Å². The first kappa shape index (κ1) is 19.2. The van der Waals surface area contributed by atoms with Crippen molar-refractivity contribution in [2.45, 2.75) is 39.0 Å². The summed E-state index contributed by atoms with van der Waals surface area (Å²) < 4.78 is 5.44. The largest absolute Gasteiger partial charge is 0.368 e. The molecule has 0 bridgehead atoms. The van der Waals surface area contributed by atoms with Gasteiger partial charge in [0.2, 0.25) is 11.7 Å². The number of amides is 1. The average Bonchev–Trinajstić information content (AvgIpc) is 3.33. The maximum atomic E-state index is 12.8. The lowest BCUT2D eigenvalue weighted by Crippen LogP contribution is -2.48. The number of carbonyl (C=O) groups excluding carboxylic acids is 1. The van der Waals surface area contributed by atoms with Crippen LogP contribution in [-0.2, 0) is 0 Å². The molecule has 2 aliphatic rings. The van der Waals surface area contributed by atoms with Crippen LogP contribution < -0.4 is 4.90 Å². The molecule has 1 saturated carbocycles. The van der Waals surface area contributed by atoms with Crippen molar-refractivity contribution in [1.82, 2.24) is 20.0 Å².